The number of allylic oxidation sites excluding steroid dienone is 1. The second-order valence-corrected chi connectivity index (χ2v) is 11.5. The van der Waals surface area contributed by atoms with E-state index < -0.39 is 12.0 Å². The summed E-state index contributed by atoms with van der Waals surface area (Å²) in [7, 11) is 0. The first-order chi connectivity index (χ1) is 19.0. The van der Waals surface area contributed by atoms with Gasteiger partial charge >= 0.3 is 5.97 Å². The molecule has 1 unspecified atom stereocenters. The van der Waals surface area contributed by atoms with Gasteiger partial charge in [-0.2, -0.15) is 0 Å². The fraction of sp³-hybridized carbons (Fsp3) is 0.167. The van der Waals surface area contributed by atoms with Crippen LogP contribution >= 0.6 is 34.3 Å². The fourth-order valence-corrected chi connectivity index (χ4v) is 7.04. The van der Waals surface area contributed by atoms with Crippen LogP contribution in [-0.2, 0) is 16.1 Å². The highest BCUT2D eigenvalue weighted by Gasteiger charge is 2.33. The Balaban J connectivity index is 1.51. The minimum Gasteiger partial charge on any atom is -0.463 e. The van der Waals surface area contributed by atoms with E-state index in [1.807, 2.05) is 60.0 Å². The van der Waals surface area contributed by atoms with Gasteiger partial charge in [0.25, 0.3) is 5.56 Å². The molecule has 0 bridgehead atoms. The number of thiazole rings is 1. The average molecular weight is 574 g/mol. The maximum atomic E-state index is 13.9. The zero-order valence-corrected chi connectivity index (χ0v) is 23.6. The van der Waals surface area contributed by atoms with Crippen LogP contribution in [0.4, 0.5) is 0 Å². The molecule has 1 aliphatic rings. The highest BCUT2D eigenvalue weighted by molar-refractivity contribution is 7.10. The number of benzene rings is 2. The van der Waals surface area contributed by atoms with Crippen molar-refractivity contribution < 1.29 is 9.53 Å². The van der Waals surface area contributed by atoms with Gasteiger partial charge in [0.05, 0.1) is 22.4 Å². The van der Waals surface area contributed by atoms with E-state index in [4.69, 9.17) is 16.3 Å². The zero-order valence-electron chi connectivity index (χ0n) is 21.3. The molecule has 39 heavy (non-hydrogen) atoms. The number of hydrogen-bond acceptors (Lipinski definition) is 6. The van der Waals surface area contributed by atoms with E-state index in [2.05, 4.69) is 27.9 Å². The largest absolute Gasteiger partial charge is 0.463 e. The van der Waals surface area contributed by atoms with Gasteiger partial charge in [-0.25, -0.2) is 9.79 Å². The number of fused-ring (bicyclic) bond motifs is 2. The van der Waals surface area contributed by atoms with E-state index in [1.54, 1.807) is 18.4 Å². The van der Waals surface area contributed by atoms with Crippen molar-refractivity contribution in [1.29, 1.82) is 0 Å². The minimum absolute atomic E-state index is 0.186. The molecule has 9 heteroatoms. The molecule has 0 saturated carbocycles. The summed E-state index contributed by atoms with van der Waals surface area (Å²) in [4.78, 5) is 33.0. The molecule has 0 amide bonds. The molecule has 1 aliphatic heterocycles. The van der Waals surface area contributed by atoms with Crippen LogP contribution in [0, 0.1) is 0 Å². The topological polar surface area (TPSA) is 65.6 Å². The minimum atomic E-state index is -0.580. The summed E-state index contributed by atoms with van der Waals surface area (Å²) in [5.74, 6) is -0.450. The van der Waals surface area contributed by atoms with Crippen LogP contribution in [0.25, 0.3) is 17.0 Å². The molecular weight excluding hydrogens is 550 g/mol. The van der Waals surface area contributed by atoms with Crippen LogP contribution in [0.3, 0.4) is 0 Å². The predicted molar refractivity (Wildman–Crippen MR) is 157 cm³/mol. The highest BCUT2D eigenvalue weighted by atomic mass is 35.5. The molecule has 1 atom stereocenters. The summed E-state index contributed by atoms with van der Waals surface area (Å²) in [6.45, 7) is 4.42. The fourth-order valence-electron chi connectivity index (χ4n) is 4.98. The number of rotatable bonds is 6. The Morgan fingerprint density at radius 1 is 1.13 bits per heavy atom. The first-order valence-corrected chi connectivity index (χ1v) is 14.6. The molecule has 3 aromatic heterocycles. The van der Waals surface area contributed by atoms with E-state index in [0.29, 0.717) is 32.2 Å². The summed E-state index contributed by atoms with van der Waals surface area (Å²) < 4.78 is 9.69. The number of carbonyl (C=O) groups excluding carboxylic acids is 1. The van der Waals surface area contributed by atoms with Crippen molar-refractivity contribution in [3.05, 3.63) is 124 Å². The second-order valence-electron chi connectivity index (χ2n) is 9.14. The van der Waals surface area contributed by atoms with Crippen molar-refractivity contribution in [2.45, 2.75) is 26.4 Å². The zero-order chi connectivity index (χ0) is 27.1. The third-order valence-electron chi connectivity index (χ3n) is 6.73. The SMILES string of the molecule is CCOC(=O)C1=C(C)N=c2s/c(=C\c3cn(Cc4ccccc4Cl)c4ccccc34)c(=O)n2C1c1cccs1. The van der Waals surface area contributed by atoms with Crippen LogP contribution in [0.1, 0.15) is 35.9 Å². The summed E-state index contributed by atoms with van der Waals surface area (Å²) in [6, 6.07) is 19.2. The van der Waals surface area contributed by atoms with Gasteiger partial charge in [-0.3, -0.25) is 9.36 Å². The summed E-state index contributed by atoms with van der Waals surface area (Å²) in [6.07, 6.45) is 3.97. The Labute approximate surface area is 237 Å². The lowest BCUT2D eigenvalue weighted by Gasteiger charge is -2.23. The number of halogens is 1. The third kappa shape index (κ3) is 4.58. The van der Waals surface area contributed by atoms with Gasteiger partial charge in [0.2, 0.25) is 0 Å². The molecule has 5 aromatic rings. The maximum absolute atomic E-state index is 13.9. The molecule has 6 nitrogen and oxygen atoms in total. The molecule has 0 fully saturated rings. The lowest BCUT2D eigenvalue weighted by molar-refractivity contribution is -0.139. The molecule has 0 N–H and O–H groups in total. The van der Waals surface area contributed by atoms with Gasteiger partial charge in [0, 0.05) is 39.1 Å². The Bertz CT molecular complexity index is 1930. The van der Waals surface area contributed by atoms with Crippen molar-refractivity contribution in [3.63, 3.8) is 0 Å². The standard InChI is InChI=1S/C30H24ClN3O3S2/c1-3-37-29(36)26-18(2)32-30-34(27(26)24-13-8-14-38-24)28(35)25(39-30)15-20-17-33(23-12-7-5-10-21(20)23)16-19-9-4-6-11-22(19)31/h4-15,17,27H,3,16H2,1-2H3/b25-15-. The lowest BCUT2D eigenvalue weighted by atomic mass is 10.0. The summed E-state index contributed by atoms with van der Waals surface area (Å²) in [5.41, 5.74) is 3.77. The summed E-state index contributed by atoms with van der Waals surface area (Å²) in [5, 5.41) is 3.69. The maximum Gasteiger partial charge on any atom is 0.338 e. The number of aromatic nitrogens is 2. The van der Waals surface area contributed by atoms with Gasteiger partial charge in [-0.15, -0.1) is 11.3 Å². The quantitative estimate of drug-likeness (QED) is 0.251. The van der Waals surface area contributed by atoms with Crippen LogP contribution in [0.15, 0.2) is 93.3 Å². The smallest absolute Gasteiger partial charge is 0.338 e. The number of carbonyl (C=O) groups is 1. The van der Waals surface area contributed by atoms with Crippen molar-refractivity contribution in [1.82, 2.24) is 9.13 Å². The second kappa shape index (κ2) is 10.4. The molecule has 0 radical (unpaired) electrons. The Morgan fingerprint density at radius 2 is 1.92 bits per heavy atom. The lowest BCUT2D eigenvalue weighted by Crippen LogP contribution is -2.39. The molecule has 2 aromatic carbocycles. The van der Waals surface area contributed by atoms with Crippen molar-refractivity contribution >= 4 is 57.2 Å². The number of ether oxygens (including phenoxy) is 1. The van der Waals surface area contributed by atoms with Gasteiger partial charge in [-0.1, -0.05) is 65.4 Å². The number of nitrogens with zero attached hydrogens (tertiary/aromatic N) is 3. The highest BCUT2D eigenvalue weighted by Crippen LogP contribution is 2.33. The first-order valence-electron chi connectivity index (χ1n) is 12.5. The number of hydrogen-bond donors (Lipinski definition) is 0. The van der Waals surface area contributed by atoms with Crippen molar-refractivity contribution in [3.8, 4) is 0 Å². The normalized spacial score (nSPS) is 15.5. The monoisotopic (exact) mass is 573 g/mol. The van der Waals surface area contributed by atoms with E-state index in [0.717, 1.165) is 26.9 Å². The first kappa shape index (κ1) is 25.6. The van der Waals surface area contributed by atoms with Gasteiger partial charge in [0.15, 0.2) is 4.80 Å². The molecular formula is C30H24ClN3O3S2. The number of esters is 1. The molecule has 0 aliphatic carbocycles. The van der Waals surface area contributed by atoms with Crippen molar-refractivity contribution in [2.75, 3.05) is 6.61 Å². The molecule has 0 saturated heterocycles. The Kier molecular flexibility index (Phi) is 6.85. The number of para-hydroxylation sites is 1. The third-order valence-corrected chi connectivity index (χ3v) is 9.01. The van der Waals surface area contributed by atoms with Crippen LogP contribution in [0.5, 0.6) is 0 Å². The van der Waals surface area contributed by atoms with Gasteiger partial charge < -0.3 is 9.30 Å². The van der Waals surface area contributed by atoms with E-state index in [-0.39, 0.29) is 12.2 Å². The number of thiophene rings is 1. The van der Waals surface area contributed by atoms with Crippen LogP contribution in [0.2, 0.25) is 5.02 Å². The molecule has 196 valence electrons. The van der Waals surface area contributed by atoms with Crippen LogP contribution in [-0.4, -0.2) is 21.7 Å². The van der Waals surface area contributed by atoms with Crippen molar-refractivity contribution in [2.24, 2.45) is 4.99 Å². The predicted octanol–water partition coefficient (Wildman–Crippen LogP) is 5.52. The van der Waals surface area contributed by atoms with Gasteiger partial charge in [-0.05, 0) is 49.1 Å². The summed E-state index contributed by atoms with van der Waals surface area (Å²) >= 11 is 9.28. The average Bonchev–Trinajstić information content (AvgIpc) is 3.65. The van der Waals surface area contributed by atoms with E-state index in [1.165, 1.54) is 22.7 Å². The van der Waals surface area contributed by atoms with Gasteiger partial charge in [0.1, 0.15) is 6.04 Å². The Hall–Kier alpha value is -3.72. The molecule has 4 heterocycles. The molecule has 6 rings (SSSR count). The van der Waals surface area contributed by atoms with E-state index in [9.17, 15) is 9.59 Å². The van der Waals surface area contributed by atoms with Crippen LogP contribution < -0.4 is 14.9 Å². The Morgan fingerprint density at radius 3 is 2.69 bits per heavy atom. The molecule has 0 spiro atoms. The van der Waals surface area contributed by atoms with E-state index >= 15 is 0 Å².